The van der Waals surface area contributed by atoms with Crippen molar-refractivity contribution < 1.29 is 14.2 Å². The number of likely N-dealkylation sites (tertiary alicyclic amines) is 1. The third kappa shape index (κ3) is 3.74. The van der Waals surface area contributed by atoms with Gasteiger partial charge < -0.3 is 0 Å². The minimum Gasteiger partial charge on any atom is -0.299 e. The van der Waals surface area contributed by atoms with Crippen LogP contribution in [0.1, 0.15) is 18.4 Å². The van der Waals surface area contributed by atoms with Gasteiger partial charge in [-0.1, -0.05) is 23.7 Å². The van der Waals surface area contributed by atoms with E-state index in [1.54, 1.807) is 24.1 Å². The van der Waals surface area contributed by atoms with Gasteiger partial charge in [0, 0.05) is 36.8 Å². The molecule has 2 amide bonds. The summed E-state index contributed by atoms with van der Waals surface area (Å²) < 4.78 is 1.34. The van der Waals surface area contributed by atoms with Crippen LogP contribution in [-0.4, -0.2) is 70.0 Å². The number of hydrogen-bond donors (Lipinski definition) is 0. The lowest BCUT2D eigenvalue weighted by Crippen LogP contribution is -2.61. The normalized spacial score (nSPS) is 23.1. The van der Waals surface area contributed by atoms with Crippen molar-refractivity contribution in [3.05, 3.63) is 47.0 Å². The fourth-order valence-corrected chi connectivity index (χ4v) is 4.36. The first-order valence-electron chi connectivity index (χ1n) is 9.58. The van der Waals surface area contributed by atoms with Crippen LogP contribution in [0.2, 0.25) is 5.02 Å². The predicted octanol–water partition coefficient (Wildman–Crippen LogP) is 1.62. The van der Waals surface area contributed by atoms with Gasteiger partial charge in [0.25, 0.3) is 0 Å². The lowest BCUT2D eigenvalue weighted by atomic mass is 9.98. The Bertz CT molecular complexity index is 999. The molecular weight excluding hydrogens is 390 g/mol. The number of piperidine rings is 1. The van der Waals surface area contributed by atoms with Gasteiger partial charge in [-0.25, -0.2) is 9.79 Å². The monoisotopic (exact) mass is 410 g/mol. The van der Waals surface area contributed by atoms with Crippen LogP contribution in [0.4, 0.5) is 0 Å². The zero-order valence-electron chi connectivity index (χ0n) is 16.1. The molecule has 0 aromatic heterocycles. The highest BCUT2D eigenvalue weighted by Crippen LogP contribution is 2.26. The van der Waals surface area contributed by atoms with E-state index in [9.17, 15) is 14.9 Å². The van der Waals surface area contributed by atoms with Gasteiger partial charge in [0.15, 0.2) is 0 Å². The Morgan fingerprint density at radius 2 is 2.03 bits per heavy atom. The molecule has 3 aliphatic rings. The molecule has 0 bridgehead atoms. The van der Waals surface area contributed by atoms with Gasteiger partial charge in [0.05, 0.1) is 0 Å². The van der Waals surface area contributed by atoms with Crippen LogP contribution >= 0.6 is 11.6 Å². The molecule has 1 saturated heterocycles. The fourth-order valence-electron chi connectivity index (χ4n) is 4.14. The van der Waals surface area contributed by atoms with Gasteiger partial charge in [-0.05, 0) is 36.6 Å². The molecule has 29 heavy (non-hydrogen) atoms. The third-order valence-electron chi connectivity index (χ3n) is 5.67. The molecule has 1 fully saturated rings. The largest absolute Gasteiger partial charge is 0.477 e. The number of benzene rings is 1. The van der Waals surface area contributed by atoms with Gasteiger partial charge >= 0.3 is 11.8 Å². The van der Waals surface area contributed by atoms with Crippen molar-refractivity contribution in [1.82, 2.24) is 9.80 Å². The number of fused-ring (bicyclic) bond motifs is 1. The summed E-state index contributed by atoms with van der Waals surface area (Å²) in [4.78, 5) is 33.6. The van der Waals surface area contributed by atoms with Crippen LogP contribution in [-0.2, 0) is 16.1 Å². The number of nitriles is 1. The molecule has 8 heteroatoms. The summed E-state index contributed by atoms with van der Waals surface area (Å²) in [6, 6.07) is 9.75. The summed E-state index contributed by atoms with van der Waals surface area (Å²) in [5.74, 6) is -1.11. The molecule has 0 saturated carbocycles. The number of dihydropyridines is 1. The van der Waals surface area contributed by atoms with E-state index >= 15 is 0 Å². The molecule has 1 atom stereocenters. The maximum absolute atomic E-state index is 12.8. The second-order valence-corrected chi connectivity index (χ2v) is 7.91. The van der Waals surface area contributed by atoms with Gasteiger partial charge in [0.2, 0.25) is 11.9 Å². The molecule has 4 rings (SSSR count). The highest BCUT2D eigenvalue weighted by Gasteiger charge is 2.49. The molecule has 1 aromatic rings. The van der Waals surface area contributed by atoms with Crippen molar-refractivity contribution in [3.8, 4) is 6.07 Å². The number of hydrogen-bond acceptors (Lipinski definition) is 5. The topological polar surface area (TPSA) is 79.8 Å². The fraction of sp³-hybridized carbons (Fsp3) is 0.381. The third-order valence-corrected chi connectivity index (χ3v) is 5.91. The zero-order valence-corrected chi connectivity index (χ0v) is 16.8. The lowest BCUT2D eigenvalue weighted by Gasteiger charge is -2.41. The molecule has 0 aliphatic carbocycles. The van der Waals surface area contributed by atoms with Gasteiger partial charge in [-0.3, -0.25) is 14.6 Å². The molecule has 3 heterocycles. The van der Waals surface area contributed by atoms with Gasteiger partial charge in [0.1, 0.15) is 18.8 Å². The summed E-state index contributed by atoms with van der Waals surface area (Å²) in [5, 5.41) is 9.94. The number of aliphatic imine (C=N–C) groups is 1. The van der Waals surface area contributed by atoms with Gasteiger partial charge in [-0.2, -0.15) is 9.84 Å². The quantitative estimate of drug-likeness (QED) is 0.560. The molecule has 1 aromatic carbocycles. The van der Waals surface area contributed by atoms with Crippen LogP contribution in [0.15, 0.2) is 41.4 Å². The maximum atomic E-state index is 12.8. The Labute approximate surface area is 174 Å². The maximum Gasteiger partial charge on any atom is 0.477 e. The Morgan fingerprint density at radius 3 is 2.72 bits per heavy atom. The summed E-state index contributed by atoms with van der Waals surface area (Å²) in [6.07, 6.45) is 4.16. The number of allylic oxidation sites excluding steroid dienone is 1. The van der Waals surface area contributed by atoms with Crippen molar-refractivity contribution in [2.75, 3.05) is 20.1 Å². The van der Waals surface area contributed by atoms with Crippen LogP contribution < -0.4 is 0 Å². The van der Waals surface area contributed by atoms with Crippen molar-refractivity contribution >= 4 is 34.8 Å². The minimum absolute atomic E-state index is 0.0917. The van der Waals surface area contributed by atoms with Crippen molar-refractivity contribution in [2.24, 2.45) is 4.99 Å². The number of nitrogens with zero attached hydrogens (tertiary/aromatic N) is 5. The number of carbonyl (C=O) groups excluding carboxylic acids is 2. The number of carbonyl (C=O) groups is 2. The number of likely N-dealkylation sites (N-methyl/N-ethyl adjacent to an activating group) is 1. The average Bonchev–Trinajstić information content (AvgIpc) is 2.73. The van der Waals surface area contributed by atoms with Crippen molar-refractivity contribution in [1.29, 1.82) is 5.26 Å². The SMILES string of the molecule is C[N+]1=C2C=CC(C#N)=NC2N(C2CCN(Cc3cccc(Cl)c3)CC2)C(=O)C1=O. The smallest absolute Gasteiger partial charge is 0.299 e. The molecule has 0 spiro atoms. The predicted molar refractivity (Wildman–Crippen MR) is 109 cm³/mol. The second-order valence-electron chi connectivity index (χ2n) is 7.47. The molecule has 1 unspecified atom stereocenters. The van der Waals surface area contributed by atoms with Crippen LogP contribution in [0.25, 0.3) is 0 Å². The molecule has 3 aliphatic heterocycles. The second kappa shape index (κ2) is 7.90. The molecule has 0 N–H and O–H groups in total. The number of amides is 2. The Hall–Kier alpha value is -2.82. The molecule has 0 radical (unpaired) electrons. The summed E-state index contributed by atoms with van der Waals surface area (Å²) in [7, 11) is 1.57. The first-order valence-corrected chi connectivity index (χ1v) is 9.95. The minimum atomic E-state index is -0.616. The van der Waals surface area contributed by atoms with E-state index in [-0.39, 0.29) is 11.8 Å². The van der Waals surface area contributed by atoms with E-state index in [1.165, 1.54) is 4.58 Å². The van der Waals surface area contributed by atoms with Crippen LogP contribution in [0.3, 0.4) is 0 Å². The average molecular weight is 411 g/mol. The molecular formula is C21H21ClN5O2+. The highest BCUT2D eigenvalue weighted by atomic mass is 35.5. The van der Waals surface area contributed by atoms with Crippen molar-refractivity contribution in [2.45, 2.75) is 31.6 Å². The zero-order chi connectivity index (χ0) is 20.5. The van der Waals surface area contributed by atoms with E-state index < -0.39 is 18.0 Å². The van der Waals surface area contributed by atoms with E-state index in [1.807, 2.05) is 30.3 Å². The van der Waals surface area contributed by atoms with E-state index in [4.69, 9.17) is 11.6 Å². The number of halogens is 1. The summed E-state index contributed by atoms with van der Waals surface area (Å²) in [6.45, 7) is 2.40. The van der Waals surface area contributed by atoms with Gasteiger partial charge in [-0.15, -0.1) is 0 Å². The van der Waals surface area contributed by atoms with Crippen LogP contribution in [0.5, 0.6) is 0 Å². The highest BCUT2D eigenvalue weighted by molar-refractivity contribution is 6.35. The Balaban J connectivity index is 1.50. The summed E-state index contributed by atoms with van der Waals surface area (Å²) in [5.41, 5.74) is 2.05. The molecule has 148 valence electrons. The summed E-state index contributed by atoms with van der Waals surface area (Å²) >= 11 is 6.08. The van der Waals surface area contributed by atoms with E-state index in [0.717, 1.165) is 43.1 Å². The van der Waals surface area contributed by atoms with Crippen LogP contribution in [0, 0.1) is 11.3 Å². The Kier molecular flexibility index (Phi) is 5.31. The first-order chi connectivity index (χ1) is 14.0. The Morgan fingerprint density at radius 1 is 1.28 bits per heavy atom. The van der Waals surface area contributed by atoms with E-state index in [0.29, 0.717) is 5.71 Å². The van der Waals surface area contributed by atoms with Crippen molar-refractivity contribution in [3.63, 3.8) is 0 Å². The number of rotatable bonds is 3. The standard InChI is InChI=1S/C21H21ClN5O2/c1-25-18-6-5-16(12-23)24-19(18)27(21(29)20(25)28)17-7-9-26(10-8-17)13-14-3-2-4-15(22)11-14/h2-6,11,17,19H,7-10,13H2,1H3/q+1. The lowest BCUT2D eigenvalue weighted by molar-refractivity contribution is -0.419. The molecule has 7 nitrogen and oxygen atoms in total. The first kappa shape index (κ1) is 19.5. The van der Waals surface area contributed by atoms with E-state index in [2.05, 4.69) is 9.89 Å².